The molecule has 1 amide bonds. The van der Waals surface area contributed by atoms with Gasteiger partial charge in [-0.15, -0.1) is 0 Å². The molecule has 7 heteroatoms. The second kappa shape index (κ2) is 8.34. The largest absolute Gasteiger partial charge is 0.479 e. The summed E-state index contributed by atoms with van der Waals surface area (Å²) in [6.07, 6.45) is 0.0955. The summed E-state index contributed by atoms with van der Waals surface area (Å²) in [6, 6.07) is 11.0. The van der Waals surface area contributed by atoms with E-state index in [0.717, 1.165) is 27.7 Å². The fourth-order valence-corrected chi connectivity index (χ4v) is 3.92. The highest BCUT2D eigenvalue weighted by molar-refractivity contribution is 5.96. The zero-order chi connectivity index (χ0) is 23.0. The number of fused-ring (bicyclic) bond motifs is 2. The highest BCUT2D eigenvalue weighted by atomic mass is 16.4. The van der Waals surface area contributed by atoms with Gasteiger partial charge in [-0.05, 0) is 49.9 Å². The Morgan fingerprint density at radius 3 is 2.31 bits per heavy atom. The number of carboxylic acid groups (broad SMARTS) is 1. The third-order valence-electron chi connectivity index (χ3n) is 5.87. The third kappa shape index (κ3) is 3.89. The van der Waals surface area contributed by atoms with Crippen LogP contribution in [0.1, 0.15) is 40.5 Å². The van der Waals surface area contributed by atoms with E-state index >= 15 is 0 Å². The van der Waals surface area contributed by atoms with Crippen LogP contribution in [0, 0.1) is 20.8 Å². The number of aryl methyl sites for hydroxylation is 3. The van der Waals surface area contributed by atoms with Gasteiger partial charge in [0.05, 0.1) is 0 Å². The van der Waals surface area contributed by atoms with Crippen molar-refractivity contribution in [1.82, 2.24) is 5.32 Å². The highest BCUT2D eigenvalue weighted by Crippen LogP contribution is 2.31. The molecule has 7 nitrogen and oxygen atoms in total. The predicted octanol–water partition coefficient (Wildman–Crippen LogP) is 4.34. The van der Waals surface area contributed by atoms with E-state index in [9.17, 15) is 19.5 Å². The van der Waals surface area contributed by atoms with Crippen molar-refractivity contribution in [3.63, 3.8) is 0 Å². The lowest BCUT2D eigenvalue weighted by Crippen LogP contribution is -2.34. The molecule has 2 N–H and O–H groups in total. The SMILES string of the molecule is Cc1oc2cc3oc(=O)c(CCC(=O)N[C@H](C(=O)O)c4ccccc4)c(C)c3cc2c1C. The molecule has 0 aliphatic rings. The average molecular weight is 433 g/mol. The molecular weight excluding hydrogens is 410 g/mol. The molecule has 4 aromatic rings. The number of rotatable bonds is 6. The Bertz CT molecular complexity index is 1400. The first-order valence-electron chi connectivity index (χ1n) is 10.3. The maximum absolute atomic E-state index is 12.6. The Morgan fingerprint density at radius 1 is 0.969 bits per heavy atom. The third-order valence-corrected chi connectivity index (χ3v) is 5.87. The Kier molecular flexibility index (Phi) is 5.57. The van der Waals surface area contributed by atoms with Crippen LogP contribution in [0.2, 0.25) is 0 Å². The smallest absolute Gasteiger partial charge is 0.339 e. The van der Waals surface area contributed by atoms with E-state index < -0.39 is 23.5 Å². The molecule has 4 rings (SSSR count). The van der Waals surface area contributed by atoms with Crippen molar-refractivity contribution < 1.29 is 23.5 Å². The summed E-state index contributed by atoms with van der Waals surface area (Å²) < 4.78 is 11.2. The van der Waals surface area contributed by atoms with Crippen molar-refractivity contribution in [2.75, 3.05) is 0 Å². The number of carbonyl (C=O) groups excluding carboxylic acids is 1. The summed E-state index contributed by atoms with van der Waals surface area (Å²) in [6.45, 7) is 5.68. The summed E-state index contributed by atoms with van der Waals surface area (Å²) in [5.41, 5.74) is 3.21. The minimum atomic E-state index is -1.15. The quantitative estimate of drug-likeness (QED) is 0.438. The molecule has 32 heavy (non-hydrogen) atoms. The average Bonchev–Trinajstić information content (AvgIpc) is 3.04. The van der Waals surface area contributed by atoms with Crippen molar-refractivity contribution in [3.05, 3.63) is 80.9 Å². The normalized spacial score (nSPS) is 12.2. The lowest BCUT2D eigenvalue weighted by Gasteiger charge is -2.15. The Balaban J connectivity index is 1.59. The Morgan fingerprint density at radius 2 is 1.62 bits per heavy atom. The monoisotopic (exact) mass is 433 g/mol. The number of carbonyl (C=O) groups is 2. The first-order chi connectivity index (χ1) is 15.3. The van der Waals surface area contributed by atoms with Crippen LogP contribution in [0.4, 0.5) is 0 Å². The van der Waals surface area contributed by atoms with Gasteiger partial charge in [-0.1, -0.05) is 30.3 Å². The van der Waals surface area contributed by atoms with Crippen LogP contribution in [0.15, 0.2) is 56.1 Å². The lowest BCUT2D eigenvalue weighted by molar-refractivity contribution is -0.142. The Hall–Kier alpha value is -3.87. The van der Waals surface area contributed by atoms with E-state index in [0.29, 0.717) is 22.3 Å². The van der Waals surface area contributed by atoms with Crippen LogP contribution in [-0.2, 0) is 16.0 Å². The van der Waals surface area contributed by atoms with Gasteiger partial charge in [-0.2, -0.15) is 0 Å². The van der Waals surface area contributed by atoms with Gasteiger partial charge in [0.1, 0.15) is 16.9 Å². The molecule has 164 valence electrons. The molecule has 0 aliphatic carbocycles. The molecule has 0 radical (unpaired) electrons. The van der Waals surface area contributed by atoms with Crippen LogP contribution < -0.4 is 10.9 Å². The van der Waals surface area contributed by atoms with Gasteiger partial charge in [0.15, 0.2) is 6.04 Å². The van der Waals surface area contributed by atoms with E-state index in [1.54, 1.807) is 36.4 Å². The molecule has 0 unspecified atom stereocenters. The maximum atomic E-state index is 12.6. The molecule has 2 aromatic carbocycles. The number of hydrogen-bond donors (Lipinski definition) is 2. The standard InChI is InChI=1S/C25H23NO6/c1-13-15(3)31-20-12-21-19(11-18(13)20)14(2)17(25(30)32-21)9-10-22(27)26-23(24(28)29)16-7-5-4-6-8-16/h4-8,11-12,23H,9-10H2,1-3H3,(H,26,27)(H,28,29)/t23-/m0/s1. The molecule has 0 saturated carbocycles. The topological polar surface area (TPSA) is 110 Å². The Labute approximate surface area is 183 Å². The summed E-state index contributed by atoms with van der Waals surface area (Å²) in [5.74, 6) is -0.809. The molecule has 2 heterocycles. The number of nitrogens with one attached hydrogen (secondary N) is 1. The number of hydrogen-bond acceptors (Lipinski definition) is 5. The fourth-order valence-electron chi connectivity index (χ4n) is 3.92. The van der Waals surface area contributed by atoms with Gasteiger partial charge in [-0.3, -0.25) is 4.79 Å². The number of aliphatic carboxylic acids is 1. The van der Waals surface area contributed by atoms with Crippen LogP contribution in [0.5, 0.6) is 0 Å². The molecule has 0 spiro atoms. The predicted molar refractivity (Wildman–Crippen MR) is 120 cm³/mol. The molecular formula is C25H23NO6. The van der Waals surface area contributed by atoms with Gasteiger partial charge in [0.25, 0.3) is 0 Å². The van der Waals surface area contributed by atoms with Crippen molar-refractivity contribution in [3.8, 4) is 0 Å². The van der Waals surface area contributed by atoms with Gasteiger partial charge in [-0.25, -0.2) is 9.59 Å². The van der Waals surface area contributed by atoms with Crippen LogP contribution in [0.25, 0.3) is 21.9 Å². The maximum Gasteiger partial charge on any atom is 0.339 e. The van der Waals surface area contributed by atoms with Crippen molar-refractivity contribution >= 4 is 33.8 Å². The van der Waals surface area contributed by atoms with Gasteiger partial charge >= 0.3 is 11.6 Å². The molecule has 0 bridgehead atoms. The molecule has 2 aromatic heterocycles. The minimum absolute atomic E-state index is 0.0419. The zero-order valence-electron chi connectivity index (χ0n) is 18.0. The van der Waals surface area contributed by atoms with E-state index in [-0.39, 0.29) is 12.8 Å². The van der Waals surface area contributed by atoms with E-state index in [1.807, 2.05) is 26.8 Å². The van der Waals surface area contributed by atoms with Crippen LogP contribution in [-0.4, -0.2) is 17.0 Å². The van der Waals surface area contributed by atoms with Crippen LogP contribution >= 0.6 is 0 Å². The first kappa shape index (κ1) is 21.4. The summed E-state index contributed by atoms with van der Waals surface area (Å²) in [4.78, 5) is 36.7. The highest BCUT2D eigenvalue weighted by Gasteiger charge is 2.22. The molecule has 0 saturated heterocycles. The first-order valence-corrected chi connectivity index (χ1v) is 10.3. The van der Waals surface area contributed by atoms with Gasteiger partial charge in [0, 0.05) is 28.8 Å². The van der Waals surface area contributed by atoms with E-state index in [4.69, 9.17) is 8.83 Å². The van der Waals surface area contributed by atoms with Gasteiger partial charge in [0.2, 0.25) is 5.91 Å². The second-order valence-corrected chi connectivity index (χ2v) is 7.87. The van der Waals surface area contributed by atoms with Crippen molar-refractivity contribution in [2.45, 2.75) is 39.7 Å². The summed E-state index contributed by atoms with van der Waals surface area (Å²) in [7, 11) is 0. The number of carboxylic acids is 1. The zero-order valence-corrected chi connectivity index (χ0v) is 18.0. The van der Waals surface area contributed by atoms with Crippen LogP contribution in [0.3, 0.4) is 0 Å². The number of benzene rings is 2. The van der Waals surface area contributed by atoms with E-state index in [1.165, 1.54) is 0 Å². The lowest BCUT2D eigenvalue weighted by atomic mass is 10.00. The summed E-state index contributed by atoms with van der Waals surface area (Å²) >= 11 is 0. The fraction of sp³-hybridized carbons (Fsp3) is 0.240. The van der Waals surface area contributed by atoms with Crippen molar-refractivity contribution in [2.24, 2.45) is 0 Å². The van der Waals surface area contributed by atoms with Crippen molar-refractivity contribution in [1.29, 1.82) is 0 Å². The summed E-state index contributed by atoms with van der Waals surface area (Å²) in [5, 5.41) is 13.7. The number of furan rings is 1. The second-order valence-electron chi connectivity index (χ2n) is 7.87. The molecule has 1 atom stereocenters. The molecule has 0 fully saturated rings. The van der Waals surface area contributed by atoms with E-state index in [2.05, 4.69) is 5.32 Å². The minimum Gasteiger partial charge on any atom is -0.479 e. The number of amides is 1. The molecule has 0 aliphatic heterocycles. The van der Waals surface area contributed by atoms with Gasteiger partial charge < -0.3 is 19.3 Å².